The summed E-state index contributed by atoms with van der Waals surface area (Å²) in [6.45, 7) is 2.27. The summed E-state index contributed by atoms with van der Waals surface area (Å²) < 4.78 is 5.51. The predicted molar refractivity (Wildman–Crippen MR) is 58.7 cm³/mol. The predicted octanol–water partition coefficient (Wildman–Crippen LogP) is 2.14. The lowest BCUT2D eigenvalue weighted by molar-refractivity contribution is -0.138. The molecule has 0 spiro atoms. The first-order chi connectivity index (χ1) is 7.59. The summed E-state index contributed by atoms with van der Waals surface area (Å²) in [5, 5.41) is 9.06. The molecule has 16 heavy (non-hydrogen) atoms. The molecule has 5 heteroatoms. The van der Waals surface area contributed by atoms with E-state index in [1.165, 1.54) is 0 Å². The molecular weight excluding hydrogens is 230 g/mol. The van der Waals surface area contributed by atoms with Gasteiger partial charge in [0.1, 0.15) is 0 Å². The average molecular weight is 242 g/mol. The first-order valence-corrected chi connectivity index (χ1v) is 5.44. The molecule has 1 aromatic heterocycles. The van der Waals surface area contributed by atoms with Gasteiger partial charge in [0, 0.05) is 12.1 Å². The number of rotatable bonds is 4. The second-order valence-electron chi connectivity index (χ2n) is 4.00. The van der Waals surface area contributed by atoms with E-state index in [0.717, 1.165) is 5.56 Å². The molecule has 1 aliphatic carbocycles. The van der Waals surface area contributed by atoms with Gasteiger partial charge in [0.2, 0.25) is 0 Å². The Morgan fingerprint density at radius 1 is 1.75 bits per heavy atom. The third kappa shape index (κ3) is 2.27. The van der Waals surface area contributed by atoms with E-state index in [1.54, 1.807) is 6.20 Å². The van der Waals surface area contributed by atoms with E-state index in [9.17, 15) is 4.79 Å². The minimum absolute atomic E-state index is 0.105. The molecular formula is C11H12ClNO3. The van der Waals surface area contributed by atoms with Gasteiger partial charge in [-0.3, -0.25) is 4.79 Å². The molecule has 1 fully saturated rings. The number of aryl methyl sites for hydroxylation is 1. The fourth-order valence-corrected chi connectivity index (χ4v) is 1.87. The Bertz CT molecular complexity index is 401. The molecule has 0 amide bonds. The van der Waals surface area contributed by atoms with E-state index < -0.39 is 5.97 Å². The van der Waals surface area contributed by atoms with Crippen molar-refractivity contribution in [1.82, 2.24) is 4.98 Å². The quantitative estimate of drug-likeness (QED) is 0.821. The van der Waals surface area contributed by atoms with Crippen LogP contribution in [0.1, 0.15) is 12.0 Å². The second-order valence-corrected chi connectivity index (χ2v) is 4.36. The highest BCUT2D eigenvalue weighted by Crippen LogP contribution is 2.39. The van der Waals surface area contributed by atoms with E-state index in [2.05, 4.69) is 4.98 Å². The molecule has 0 unspecified atom stereocenters. The molecule has 0 radical (unpaired) electrons. The monoisotopic (exact) mass is 241 g/mol. The average Bonchev–Trinajstić information content (AvgIpc) is 2.96. The van der Waals surface area contributed by atoms with Crippen molar-refractivity contribution in [1.29, 1.82) is 0 Å². The molecule has 1 aromatic rings. The van der Waals surface area contributed by atoms with Gasteiger partial charge in [-0.1, -0.05) is 11.6 Å². The molecule has 1 aliphatic rings. The molecule has 0 saturated heterocycles. The molecule has 4 nitrogen and oxygen atoms in total. The van der Waals surface area contributed by atoms with Gasteiger partial charge in [0.25, 0.3) is 0 Å². The Morgan fingerprint density at radius 2 is 2.50 bits per heavy atom. The summed E-state index contributed by atoms with van der Waals surface area (Å²) in [4.78, 5) is 14.5. The van der Waals surface area contributed by atoms with Crippen LogP contribution in [0.2, 0.25) is 5.15 Å². The SMILES string of the molecule is Cc1ccnc(Cl)c1OC[C@@H]1C[C@H]1C(=O)O. The lowest BCUT2D eigenvalue weighted by Gasteiger charge is -2.09. The zero-order valence-electron chi connectivity index (χ0n) is 8.81. The van der Waals surface area contributed by atoms with Crippen molar-refractivity contribution < 1.29 is 14.6 Å². The van der Waals surface area contributed by atoms with Crippen LogP contribution in [0.3, 0.4) is 0 Å². The second kappa shape index (κ2) is 4.29. The number of carboxylic acid groups (broad SMARTS) is 1. The number of aliphatic carboxylic acids is 1. The number of carboxylic acids is 1. The van der Waals surface area contributed by atoms with Crippen LogP contribution in [-0.4, -0.2) is 22.7 Å². The molecule has 1 saturated carbocycles. The third-order valence-electron chi connectivity index (χ3n) is 2.74. The van der Waals surface area contributed by atoms with Crippen molar-refractivity contribution in [3.05, 3.63) is 23.0 Å². The van der Waals surface area contributed by atoms with Crippen LogP contribution < -0.4 is 4.74 Å². The smallest absolute Gasteiger partial charge is 0.306 e. The van der Waals surface area contributed by atoms with Crippen LogP contribution in [0.4, 0.5) is 0 Å². The summed E-state index contributed by atoms with van der Waals surface area (Å²) in [5.41, 5.74) is 0.910. The molecule has 2 rings (SSSR count). The minimum atomic E-state index is -0.748. The first kappa shape index (κ1) is 11.2. The number of pyridine rings is 1. The molecule has 1 heterocycles. The lowest BCUT2D eigenvalue weighted by atomic mass is 10.3. The van der Waals surface area contributed by atoms with Gasteiger partial charge in [-0.25, -0.2) is 4.98 Å². The van der Waals surface area contributed by atoms with E-state index in [4.69, 9.17) is 21.4 Å². The van der Waals surface area contributed by atoms with E-state index >= 15 is 0 Å². The third-order valence-corrected chi connectivity index (χ3v) is 3.01. The number of aromatic nitrogens is 1. The van der Waals surface area contributed by atoms with Gasteiger partial charge in [-0.05, 0) is 25.0 Å². The highest BCUT2D eigenvalue weighted by Gasteiger charge is 2.43. The van der Waals surface area contributed by atoms with Gasteiger partial charge < -0.3 is 9.84 Å². The van der Waals surface area contributed by atoms with Crippen LogP contribution in [0, 0.1) is 18.8 Å². The van der Waals surface area contributed by atoms with E-state index in [1.807, 2.05) is 13.0 Å². The summed E-state index contributed by atoms with van der Waals surface area (Å²) in [6.07, 6.45) is 2.30. The van der Waals surface area contributed by atoms with Crippen LogP contribution in [0.15, 0.2) is 12.3 Å². The summed E-state index contributed by atoms with van der Waals surface area (Å²) >= 11 is 5.88. The molecule has 0 bridgehead atoms. The summed E-state index contributed by atoms with van der Waals surface area (Å²) in [7, 11) is 0. The first-order valence-electron chi connectivity index (χ1n) is 5.06. The number of ether oxygens (including phenoxy) is 1. The van der Waals surface area contributed by atoms with Gasteiger partial charge in [0.05, 0.1) is 12.5 Å². The van der Waals surface area contributed by atoms with E-state index in [0.29, 0.717) is 23.9 Å². The zero-order chi connectivity index (χ0) is 11.7. The van der Waals surface area contributed by atoms with Gasteiger partial charge in [-0.15, -0.1) is 0 Å². The molecule has 0 aliphatic heterocycles. The number of hydrogen-bond donors (Lipinski definition) is 1. The number of nitrogens with zero attached hydrogens (tertiary/aromatic N) is 1. The van der Waals surface area contributed by atoms with Crippen molar-refractivity contribution >= 4 is 17.6 Å². The number of hydrogen-bond acceptors (Lipinski definition) is 3. The fraction of sp³-hybridized carbons (Fsp3) is 0.455. The van der Waals surface area contributed by atoms with Crippen LogP contribution in [0.5, 0.6) is 5.75 Å². The Kier molecular flexibility index (Phi) is 3.01. The van der Waals surface area contributed by atoms with Crippen LogP contribution in [0.25, 0.3) is 0 Å². The molecule has 1 N–H and O–H groups in total. The fourth-order valence-electron chi connectivity index (χ4n) is 1.61. The van der Waals surface area contributed by atoms with Gasteiger partial charge in [-0.2, -0.15) is 0 Å². The van der Waals surface area contributed by atoms with Gasteiger partial charge in [0.15, 0.2) is 10.9 Å². The summed E-state index contributed by atoms with van der Waals surface area (Å²) in [5.74, 6) is -0.341. The highest BCUT2D eigenvalue weighted by molar-refractivity contribution is 6.30. The maximum atomic E-state index is 10.6. The Labute approximate surface area is 98.2 Å². The van der Waals surface area contributed by atoms with Crippen molar-refractivity contribution in [3.63, 3.8) is 0 Å². The van der Waals surface area contributed by atoms with Crippen LogP contribution in [-0.2, 0) is 4.79 Å². The standard InChI is InChI=1S/C11H12ClNO3/c1-6-2-3-13-10(12)9(6)16-5-7-4-8(7)11(14)15/h2-3,7-8H,4-5H2,1H3,(H,14,15)/t7-,8+/m0/s1. The maximum absolute atomic E-state index is 10.6. The van der Waals surface area contributed by atoms with Crippen LogP contribution >= 0.6 is 11.6 Å². The largest absolute Gasteiger partial charge is 0.490 e. The molecule has 2 atom stereocenters. The normalized spacial score (nSPS) is 22.9. The lowest BCUT2D eigenvalue weighted by Crippen LogP contribution is -2.07. The topological polar surface area (TPSA) is 59.4 Å². The Morgan fingerprint density at radius 3 is 3.06 bits per heavy atom. The molecule has 86 valence electrons. The van der Waals surface area contributed by atoms with Crippen molar-refractivity contribution in [2.45, 2.75) is 13.3 Å². The maximum Gasteiger partial charge on any atom is 0.306 e. The highest BCUT2D eigenvalue weighted by atomic mass is 35.5. The van der Waals surface area contributed by atoms with Gasteiger partial charge >= 0.3 is 5.97 Å². The van der Waals surface area contributed by atoms with Crippen molar-refractivity contribution in [2.75, 3.05) is 6.61 Å². The van der Waals surface area contributed by atoms with Crippen molar-refractivity contribution in [2.24, 2.45) is 11.8 Å². The summed E-state index contributed by atoms with van der Waals surface area (Å²) in [6, 6.07) is 1.81. The van der Waals surface area contributed by atoms with E-state index in [-0.39, 0.29) is 11.8 Å². The number of carbonyl (C=O) groups is 1. The number of halogens is 1. The Balaban J connectivity index is 1.94. The molecule has 0 aromatic carbocycles. The Hall–Kier alpha value is -1.29. The zero-order valence-corrected chi connectivity index (χ0v) is 9.57. The van der Waals surface area contributed by atoms with Crippen molar-refractivity contribution in [3.8, 4) is 5.75 Å². The minimum Gasteiger partial charge on any atom is -0.490 e.